The third-order valence-electron chi connectivity index (χ3n) is 3.07. The van der Waals surface area contributed by atoms with Crippen molar-refractivity contribution in [3.63, 3.8) is 0 Å². The summed E-state index contributed by atoms with van der Waals surface area (Å²) in [5, 5.41) is 0. The van der Waals surface area contributed by atoms with Gasteiger partial charge in [0.15, 0.2) is 0 Å². The van der Waals surface area contributed by atoms with Gasteiger partial charge < -0.3 is 18.3 Å². The van der Waals surface area contributed by atoms with Gasteiger partial charge in [-0.05, 0) is 39.3 Å². The maximum absolute atomic E-state index is 12.1. The minimum atomic E-state index is -1.91. The summed E-state index contributed by atoms with van der Waals surface area (Å²) in [6.45, 7) is 12.4. The van der Waals surface area contributed by atoms with Crippen molar-refractivity contribution >= 4 is 28.6 Å². The lowest BCUT2D eigenvalue weighted by molar-refractivity contribution is -0.139. The van der Waals surface area contributed by atoms with E-state index in [1.54, 1.807) is 0 Å². The van der Waals surface area contributed by atoms with Gasteiger partial charge in [-0.2, -0.15) is 0 Å². The second-order valence-electron chi connectivity index (χ2n) is 7.57. The fourth-order valence-corrected chi connectivity index (χ4v) is 4.14. The highest BCUT2D eigenvalue weighted by atomic mass is 28.4. The number of carbonyl (C=O) groups is 2. The van der Waals surface area contributed by atoms with E-state index in [-0.39, 0.29) is 24.0 Å². The fourth-order valence-electron chi connectivity index (χ4n) is 2.29. The molecule has 1 aliphatic rings. The number of carbonyl (C=O) groups excluding carboxylic acids is 2. The van der Waals surface area contributed by atoms with Crippen LogP contribution in [0.3, 0.4) is 0 Å². The van der Waals surface area contributed by atoms with Crippen LogP contribution in [0.4, 0.5) is 0 Å². The van der Waals surface area contributed by atoms with Crippen molar-refractivity contribution in [3.8, 4) is 0 Å². The van der Waals surface area contributed by atoms with Crippen molar-refractivity contribution in [1.29, 1.82) is 0 Å². The summed E-state index contributed by atoms with van der Waals surface area (Å²) in [6.07, 6.45) is 0.363. The molecular formula is C16H28O6Si2. The number of ether oxygens (including phenoxy) is 2. The molecule has 0 saturated heterocycles. The molecule has 0 saturated carbocycles. The van der Waals surface area contributed by atoms with Crippen LogP contribution in [0.5, 0.6) is 0 Å². The Morgan fingerprint density at radius 2 is 1.00 bits per heavy atom. The Morgan fingerprint density at radius 1 is 0.708 bits per heavy atom. The van der Waals surface area contributed by atoms with Crippen molar-refractivity contribution in [2.45, 2.75) is 52.1 Å². The van der Waals surface area contributed by atoms with Gasteiger partial charge in [0.2, 0.25) is 16.6 Å². The summed E-state index contributed by atoms with van der Waals surface area (Å²) in [5.41, 5.74) is 0.557. The summed E-state index contributed by atoms with van der Waals surface area (Å²) in [6, 6.07) is 0. The Balaban J connectivity index is 3.33. The molecular weight excluding hydrogens is 344 g/mol. The molecule has 0 atom stereocenters. The molecule has 136 valence electrons. The molecule has 0 amide bonds. The number of esters is 2. The maximum atomic E-state index is 12.1. The Kier molecular flexibility index (Phi) is 6.46. The van der Waals surface area contributed by atoms with E-state index in [0.29, 0.717) is 11.5 Å². The first-order chi connectivity index (χ1) is 10.9. The molecule has 8 heteroatoms. The summed E-state index contributed by atoms with van der Waals surface area (Å²) in [5.74, 6) is 0.174. The normalized spacial score (nSPS) is 16.0. The van der Waals surface area contributed by atoms with Gasteiger partial charge in [0, 0.05) is 12.8 Å². The number of hydrogen-bond acceptors (Lipinski definition) is 6. The first-order valence-electron chi connectivity index (χ1n) is 7.86. The first kappa shape index (κ1) is 20.5. The van der Waals surface area contributed by atoms with E-state index in [2.05, 4.69) is 39.3 Å². The van der Waals surface area contributed by atoms with Crippen LogP contribution in [-0.2, 0) is 27.9 Å². The molecule has 24 heavy (non-hydrogen) atoms. The van der Waals surface area contributed by atoms with Crippen LogP contribution < -0.4 is 0 Å². The molecule has 0 aromatic heterocycles. The lowest BCUT2D eigenvalue weighted by Gasteiger charge is -2.32. The molecule has 1 aliphatic carbocycles. The SMILES string of the molecule is COC(=O)C1=C(C(=O)OC)CC(O[Si](C)(C)C)=C(O[Si](C)(C)C)C1. The van der Waals surface area contributed by atoms with Gasteiger partial charge in [0.25, 0.3) is 0 Å². The van der Waals surface area contributed by atoms with Crippen LogP contribution in [0.2, 0.25) is 39.3 Å². The predicted molar refractivity (Wildman–Crippen MR) is 96.2 cm³/mol. The van der Waals surface area contributed by atoms with Gasteiger partial charge in [0.1, 0.15) is 11.5 Å². The molecule has 0 fully saturated rings. The smallest absolute Gasteiger partial charge is 0.334 e. The van der Waals surface area contributed by atoms with Gasteiger partial charge >= 0.3 is 11.9 Å². The van der Waals surface area contributed by atoms with Gasteiger partial charge in [-0.25, -0.2) is 9.59 Å². The molecule has 0 aromatic rings. The zero-order chi connectivity index (χ0) is 18.7. The second-order valence-corrected chi connectivity index (χ2v) is 16.4. The quantitative estimate of drug-likeness (QED) is 0.526. The van der Waals surface area contributed by atoms with Crippen LogP contribution >= 0.6 is 0 Å². The Hall–Kier alpha value is -1.55. The molecule has 0 radical (unpaired) electrons. The van der Waals surface area contributed by atoms with E-state index in [0.717, 1.165) is 0 Å². The van der Waals surface area contributed by atoms with Crippen molar-refractivity contribution in [2.75, 3.05) is 14.2 Å². The van der Waals surface area contributed by atoms with Crippen LogP contribution in [0.25, 0.3) is 0 Å². The molecule has 0 aliphatic heterocycles. The van der Waals surface area contributed by atoms with Gasteiger partial charge in [-0.15, -0.1) is 0 Å². The van der Waals surface area contributed by atoms with E-state index < -0.39 is 28.6 Å². The summed E-state index contributed by atoms with van der Waals surface area (Å²) >= 11 is 0. The van der Waals surface area contributed by atoms with E-state index in [9.17, 15) is 9.59 Å². The lowest BCUT2D eigenvalue weighted by atomic mass is 9.94. The number of rotatable bonds is 6. The van der Waals surface area contributed by atoms with E-state index in [4.69, 9.17) is 18.3 Å². The van der Waals surface area contributed by atoms with E-state index in [1.165, 1.54) is 14.2 Å². The molecule has 0 spiro atoms. The number of methoxy groups -OCH3 is 2. The average molecular weight is 373 g/mol. The minimum absolute atomic E-state index is 0.182. The molecule has 0 aromatic carbocycles. The van der Waals surface area contributed by atoms with Crippen LogP contribution in [0.15, 0.2) is 22.7 Å². The van der Waals surface area contributed by atoms with Crippen LogP contribution in [0.1, 0.15) is 12.8 Å². The fraction of sp³-hybridized carbons (Fsp3) is 0.625. The standard InChI is InChI=1S/C16H28O6Si2/c1-19-15(17)11-9-13(21-23(3,4)5)14(22-24(6,7)8)10-12(11)16(18)20-2/h9-10H2,1-8H3. The molecule has 6 nitrogen and oxygen atoms in total. The highest BCUT2D eigenvalue weighted by Crippen LogP contribution is 2.35. The maximum Gasteiger partial charge on any atom is 0.334 e. The van der Waals surface area contributed by atoms with Crippen LogP contribution in [0, 0.1) is 0 Å². The molecule has 0 heterocycles. The van der Waals surface area contributed by atoms with Gasteiger partial charge in [-0.1, -0.05) is 0 Å². The first-order valence-corrected chi connectivity index (χ1v) is 14.7. The Labute approximate surface area is 146 Å². The monoisotopic (exact) mass is 372 g/mol. The predicted octanol–water partition coefficient (Wildman–Crippen LogP) is 3.34. The average Bonchev–Trinajstić information content (AvgIpc) is 2.44. The number of allylic oxidation sites excluding steroid dienone is 2. The van der Waals surface area contributed by atoms with Gasteiger partial charge in [-0.3, -0.25) is 0 Å². The highest BCUT2D eigenvalue weighted by Gasteiger charge is 2.35. The second kappa shape index (κ2) is 7.56. The zero-order valence-corrected chi connectivity index (χ0v) is 17.9. The molecule has 1 rings (SSSR count). The topological polar surface area (TPSA) is 71.1 Å². The van der Waals surface area contributed by atoms with Crippen molar-refractivity contribution in [3.05, 3.63) is 22.7 Å². The zero-order valence-electron chi connectivity index (χ0n) is 15.9. The molecule has 0 N–H and O–H groups in total. The summed E-state index contributed by atoms with van der Waals surface area (Å²) in [7, 11) is -1.23. The minimum Gasteiger partial charge on any atom is -0.545 e. The largest absolute Gasteiger partial charge is 0.545 e. The van der Waals surface area contributed by atoms with E-state index >= 15 is 0 Å². The summed E-state index contributed by atoms with van der Waals surface area (Å²) in [4.78, 5) is 24.2. The van der Waals surface area contributed by atoms with Gasteiger partial charge in [0.05, 0.1) is 25.4 Å². The van der Waals surface area contributed by atoms with Crippen molar-refractivity contribution < 1.29 is 27.9 Å². The van der Waals surface area contributed by atoms with Crippen LogP contribution in [-0.4, -0.2) is 42.8 Å². The Bertz CT molecular complexity index is 528. The molecule has 0 unspecified atom stereocenters. The molecule has 0 bridgehead atoms. The number of hydrogen-bond donors (Lipinski definition) is 0. The third-order valence-corrected chi connectivity index (χ3v) is 4.79. The third kappa shape index (κ3) is 5.82. The van der Waals surface area contributed by atoms with E-state index in [1.807, 2.05) is 0 Å². The summed E-state index contributed by atoms with van der Waals surface area (Å²) < 4.78 is 21.9. The Morgan fingerprint density at radius 3 is 1.21 bits per heavy atom. The van der Waals surface area contributed by atoms with Crippen molar-refractivity contribution in [1.82, 2.24) is 0 Å². The van der Waals surface area contributed by atoms with Crippen molar-refractivity contribution in [2.24, 2.45) is 0 Å². The lowest BCUT2D eigenvalue weighted by Crippen LogP contribution is -2.32. The highest BCUT2D eigenvalue weighted by molar-refractivity contribution is 6.70.